The van der Waals surface area contributed by atoms with Gasteiger partial charge in [-0.2, -0.15) is 5.48 Å². The summed E-state index contributed by atoms with van der Waals surface area (Å²) < 4.78 is 14.2. The van der Waals surface area contributed by atoms with Gasteiger partial charge in [0.25, 0.3) is 6.10 Å². The number of amides is 1. The van der Waals surface area contributed by atoms with Gasteiger partial charge in [0.2, 0.25) is 0 Å². The van der Waals surface area contributed by atoms with Crippen molar-refractivity contribution in [1.82, 2.24) is 5.48 Å². The predicted octanol–water partition coefficient (Wildman–Crippen LogP) is 0.937. The lowest BCUT2D eigenvalue weighted by Gasteiger charge is -2.20. The molecule has 0 aromatic carbocycles. The van der Waals surface area contributed by atoms with Gasteiger partial charge >= 0.3 is 18.0 Å². The van der Waals surface area contributed by atoms with Crippen LogP contribution in [0.2, 0.25) is 0 Å². The Morgan fingerprint density at radius 3 is 1.80 bits per heavy atom. The number of rotatable bonds is 6. The number of carbonyl (C=O) groups excluding carboxylic acids is 3. The Morgan fingerprint density at radius 1 is 1.00 bits per heavy atom. The Balaban J connectivity index is 4.54. The fourth-order valence-corrected chi connectivity index (χ4v) is 1.03. The molecule has 0 spiro atoms. The molecule has 1 N–H and O–H groups in total. The molecule has 0 aliphatic carbocycles. The molecular formula is C12H21NO7. The molecule has 8 nitrogen and oxygen atoms in total. The van der Waals surface area contributed by atoms with E-state index in [1.54, 1.807) is 34.6 Å². The van der Waals surface area contributed by atoms with Crippen molar-refractivity contribution in [3.8, 4) is 0 Å². The molecule has 1 amide bonds. The molecule has 0 fully saturated rings. The van der Waals surface area contributed by atoms with Gasteiger partial charge in [-0.1, -0.05) is 0 Å². The molecule has 0 bridgehead atoms. The average molecular weight is 291 g/mol. The first kappa shape index (κ1) is 18.2. The van der Waals surface area contributed by atoms with Crippen LogP contribution in [0.15, 0.2) is 0 Å². The van der Waals surface area contributed by atoms with Crippen molar-refractivity contribution in [2.24, 2.45) is 0 Å². The summed E-state index contributed by atoms with van der Waals surface area (Å²) in [6.45, 7) is 8.22. The van der Waals surface area contributed by atoms with E-state index in [9.17, 15) is 14.4 Å². The van der Waals surface area contributed by atoms with Crippen LogP contribution in [0.5, 0.6) is 0 Å². The Hall–Kier alpha value is -1.83. The highest BCUT2D eigenvalue weighted by atomic mass is 16.7. The minimum absolute atomic E-state index is 0.0601. The second kappa shape index (κ2) is 8.36. The summed E-state index contributed by atoms with van der Waals surface area (Å²) in [6, 6.07) is 0. The lowest BCUT2D eigenvalue weighted by molar-refractivity contribution is -0.177. The first-order valence-electron chi connectivity index (χ1n) is 6.19. The number of hydrogen-bond donors (Lipinski definition) is 1. The maximum absolute atomic E-state index is 11.5. The smallest absolute Gasteiger partial charge is 0.431 e. The third kappa shape index (κ3) is 7.57. The van der Waals surface area contributed by atoms with Gasteiger partial charge in [-0.05, 0) is 34.6 Å². The number of carbonyl (C=O) groups is 3. The van der Waals surface area contributed by atoms with E-state index in [4.69, 9.17) is 9.57 Å². The summed E-state index contributed by atoms with van der Waals surface area (Å²) in [7, 11) is 0. The quantitative estimate of drug-likeness (QED) is 0.336. The van der Waals surface area contributed by atoms with E-state index in [2.05, 4.69) is 9.47 Å². The van der Waals surface area contributed by atoms with Crippen molar-refractivity contribution < 1.29 is 33.4 Å². The van der Waals surface area contributed by atoms with Gasteiger partial charge in [-0.25, -0.2) is 19.2 Å². The minimum atomic E-state index is -1.69. The van der Waals surface area contributed by atoms with E-state index in [1.807, 2.05) is 5.48 Å². The van der Waals surface area contributed by atoms with Gasteiger partial charge in [-0.15, -0.1) is 0 Å². The predicted molar refractivity (Wildman–Crippen MR) is 67.5 cm³/mol. The minimum Gasteiger partial charge on any atom is -0.464 e. The molecule has 0 saturated carbocycles. The normalized spacial score (nSPS) is 10.9. The van der Waals surface area contributed by atoms with Gasteiger partial charge in [0.1, 0.15) is 5.60 Å². The van der Waals surface area contributed by atoms with Crippen LogP contribution >= 0.6 is 0 Å². The van der Waals surface area contributed by atoms with E-state index >= 15 is 0 Å². The van der Waals surface area contributed by atoms with Gasteiger partial charge in [0.05, 0.1) is 13.2 Å². The molecule has 0 rings (SSSR count). The zero-order valence-corrected chi connectivity index (χ0v) is 12.3. The number of nitrogens with one attached hydrogen (secondary N) is 1. The molecule has 8 heteroatoms. The van der Waals surface area contributed by atoms with Gasteiger partial charge < -0.3 is 14.2 Å². The molecule has 20 heavy (non-hydrogen) atoms. The lowest BCUT2D eigenvalue weighted by Crippen LogP contribution is -2.43. The van der Waals surface area contributed by atoms with Crippen LogP contribution in [-0.2, 0) is 28.6 Å². The Morgan fingerprint density at radius 2 is 1.45 bits per heavy atom. The van der Waals surface area contributed by atoms with Crippen LogP contribution in [0, 0.1) is 0 Å². The highest BCUT2D eigenvalue weighted by Crippen LogP contribution is 2.07. The van der Waals surface area contributed by atoms with Crippen molar-refractivity contribution in [1.29, 1.82) is 0 Å². The Labute approximate surface area is 117 Å². The lowest BCUT2D eigenvalue weighted by atomic mass is 10.2. The molecule has 0 aliphatic heterocycles. The van der Waals surface area contributed by atoms with Crippen molar-refractivity contribution in [3.05, 3.63) is 0 Å². The summed E-state index contributed by atoms with van der Waals surface area (Å²) in [5, 5.41) is 0. The first-order valence-corrected chi connectivity index (χ1v) is 6.19. The monoisotopic (exact) mass is 291 g/mol. The van der Waals surface area contributed by atoms with Crippen molar-refractivity contribution in [2.75, 3.05) is 13.2 Å². The van der Waals surface area contributed by atoms with Crippen LogP contribution in [0.4, 0.5) is 4.79 Å². The Bertz CT molecular complexity index is 330. The van der Waals surface area contributed by atoms with E-state index in [-0.39, 0.29) is 13.2 Å². The highest BCUT2D eigenvalue weighted by Gasteiger charge is 2.32. The van der Waals surface area contributed by atoms with Crippen LogP contribution < -0.4 is 5.48 Å². The summed E-state index contributed by atoms with van der Waals surface area (Å²) in [6.07, 6.45) is -2.63. The fourth-order valence-electron chi connectivity index (χ4n) is 1.03. The van der Waals surface area contributed by atoms with E-state index in [1.165, 1.54) is 0 Å². The first-order chi connectivity index (χ1) is 9.21. The SMILES string of the molecule is CCOC(=O)C(ONC(=O)OC(C)(C)C)C(=O)OCC. The van der Waals surface area contributed by atoms with E-state index < -0.39 is 29.7 Å². The van der Waals surface area contributed by atoms with Gasteiger partial charge in [-0.3, -0.25) is 0 Å². The molecule has 0 atom stereocenters. The third-order valence-corrected chi connectivity index (χ3v) is 1.66. The fraction of sp³-hybridized carbons (Fsp3) is 0.750. The Kier molecular flexibility index (Phi) is 7.60. The van der Waals surface area contributed by atoms with E-state index in [0.29, 0.717) is 0 Å². The number of esters is 2. The maximum atomic E-state index is 11.5. The second-order valence-electron chi connectivity index (χ2n) is 4.61. The van der Waals surface area contributed by atoms with Gasteiger partial charge in [0.15, 0.2) is 0 Å². The third-order valence-electron chi connectivity index (χ3n) is 1.66. The summed E-state index contributed by atoms with van der Waals surface area (Å²) in [4.78, 5) is 39.1. The molecule has 0 saturated heterocycles. The number of hydrogen-bond acceptors (Lipinski definition) is 7. The molecule has 116 valence electrons. The highest BCUT2D eigenvalue weighted by molar-refractivity contribution is 5.98. The maximum Gasteiger partial charge on any atom is 0.431 e. The van der Waals surface area contributed by atoms with Crippen LogP contribution in [0.3, 0.4) is 0 Å². The van der Waals surface area contributed by atoms with Gasteiger partial charge in [0, 0.05) is 0 Å². The summed E-state index contributed by atoms with van der Waals surface area (Å²) in [5.74, 6) is -1.91. The molecule has 0 aromatic rings. The second-order valence-corrected chi connectivity index (χ2v) is 4.61. The van der Waals surface area contributed by atoms with Crippen molar-refractivity contribution >= 4 is 18.0 Å². The molecule has 0 aromatic heterocycles. The summed E-state index contributed by atoms with van der Waals surface area (Å²) >= 11 is 0. The molecular weight excluding hydrogens is 270 g/mol. The zero-order chi connectivity index (χ0) is 15.8. The van der Waals surface area contributed by atoms with E-state index in [0.717, 1.165) is 0 Å². The molecule has 0 unspecified atom stereocenters. The average Bonchev–Trinajstić information content (AvgIpc) is 2.27. The zero-order valence-electron chi connectivity index (χ0n) is 12.3. The van der Waals surface area contributed by atoms with Crippen LogP contribution in [-0.4, -0.2) is 43.0 Å². The number of ether oxygens (including phenoxy) is 3. The summed E-state index contributed by atoms with van der Waals surface area (Å²) in [5.41, 5.74) is 1.12. The number of hydroxylamine groups is 1. The molecule has 0 heterocycles. The standard InChI is InChI=1S/C12H21NO7/c1-6-17-9(14)8(10(15)18-7-2)20-13-11(16)19-12(3,4)5/h8H,6-7H2,1-5H3,(H,13,16). The molecule has 0 radical (unpaired) electrons. The largest absolute Gasteiger partial charge is 0.464 e. The van der Waals surface area contributed by atoms with Crippen LogP contribution in [0.25, 0.3) is 0 Å². The molecule has 0 aliphatic rings. The van der Waals surface area contributed by atoms with Crippen molar-refractivity contribution in [3.63, 3.8) is 0 Å². The van der Waals surface area contributed by atoms with Crippen LogP contribution in [0.1, 0.15) is 34.6 Å². The topological polar surface area (TPSA) is 100 Å². The van der Waals surface area contributed by atoms with Crippen molar-refractivity contribution in [2.45, 2.75) is 46.3 Å².